The molecule has 2 aromatic rings. The van der Waals surface area contributed by atoms with Gasteiger partial charge in [0.1, 0.15) is 11.8 Å². The quantitative estimate of drug-likeness (QED) is 0.579. The number of nitrogens with zero attached hydrogens (tertiary/aromatic N) is 1. The van der Waals surface area contributed by atoms with Crippen molar-refractivity contribution in [1.29, 1.82) is 5.26 Å². The molecule has 2 aromatic carbocycles. The summed E-state index contributed by atoms with van der Waals surface area (Å²) in [6, 6.07) is 12.6. The summed E-state index contributed by atoms with van der Waals surface area (Å²) in [7, 11) is 0. The van der Waals surface area contributed by atoms with E-state index in [1.807, 2.05) is 6.07 Å². The summed E-state index contributed by atoms with van der Waals surface area (Å²) in [4.78, 5) is 34.6. The Labute approximate surface area is 160 Å². The largest absolute Gasteiger partial charge is 0.482 e. The van der Waals surface area contributed by atoms with Crippen molar-refractivity contribution in [2.24, 2.45) is 0 Å². The summed E-state index contributed by atoms with van der Waals surface area (Å²) < 4.78 is 10.0. The second kappa shape index (κ2) is 9.36. The zero-order chi connectivity index (χ0) is 19.8. The molecule has 0 heterocycles. The number of nitriles is 1. The molecular weight excluding hydrogens is 372 g/mol. The fourth-order valence-electron chi connectivity index (χ4n) is 2.00. The van der Waals surface area contributed by atoms with Gasteiger partial charge in [0.25, 0.3) is 5.91 Å². The van der Waals surface area contributed by atoms with E-state index in [1.165, 1.54) is 25.1 Å². The van der Waals surface area contributed by atoms with E-state index in [4.69, 9.17) is 26.3 Å². The molecule has 1 amide bonds. The Kier molecular flexibility index (Phi) is 6.92. The van der Waals surface area contributed by atoms with Crippen LogP contribution in [0.3, 0.4) is 0 Å². The first-order valence-electron chi connectivity index (χ1n) is 7.78. The van der Waals surface area contributed by atoms with Crippen molar-refractivity contribution in [3.8, 4) is 11.8 Å². The molecule has 0 atom stereocenters. The van der Waals surface area contributed by atoms with E-state index in [-0.39, 0.29) is 23.0 Å². The molecule has 1 N–H and O–H groups in total. The Morgan fingerprint density at radius 1 is 1.11 bits per heavy atom. The third-order valence-corrected chi connectivity index (χ3v) is 3.67. The van der Waals surface area contributed by atoms with E-state index in [2.05, 4.69) is 5.32 Å². The van der Waals surface area contributed by atoms with Crippen LogP contribution in [0.4, 0.5) is 5.69 Å². The molecule has 0 aliphatic rings. The number of ketones is 1. The highest BCUT2D eigenvalue weighted by molar-refractivity contribution is 6.32. The monoisotopic (exact) mass is 386 g/mol. The van der Waals surface area contributed by atoms with Crippen LogP contribution in [0.5, 0.6) is 5.75 Å². The van der Waals surface area contributed by atoms with E-state index in [0.717, 1.165) is 0 Å². The van der Waals surface area contributed by atoms with E-state index in [1.54, 1.807) is 24.3 Å². The average Bonchev–Trinajstić information content (AvgIpc) is 2.65. The first-order valence-corrected chi connectivity index (χ1v) is 8.16. The smallest absolute Gasteiger partial charge is 0.344 e. The normalized spacial score (nSPS) is 9.81. The van der Waals surface area contributed by atoms with E-state index in [9.17, 15) is 14.4 Å². The lowest BCUT2D eigenvalue weighted by Crippen LogP contribution is -2.23. The number of halogens is 1. The lowest BCUT2D eigenvalue weighted by Gasteiger charge is -2.08. The molecule has 0 saturated heterocycles. The molecule has 0 radical (unpaired) electrons. The van der Waals surface area contributed by atoms with Gasteiger partial charge < -0.3 is 14.8 Å². The van der Waals surface area contributed by atoms with E-state index in [0.29, 0.717) is 17.0 Å². The molecule has 0 spiro atoms. The van der Waals surface area contributed by atoms with Gasteiger partial charge in [0.15, 0.2) is 19.0 Å². The van der Waals surface area contributed by atoms with Gasteiger partial charge in [0.2, 0.25) is 0 Å². The lowest BCUT2D eigenvalue weighted by molar-refractivity contribution is -0.149. The number of ether oxygens (including phenoxy) is 2. The lowest BCUT2D eigenvalue weighted by atomic mass is 10.1. The van der Waals surface area contributed by atoms with E-state index < -0.39 is 18.5 Å². The number of benzene rings is 2. The van der Waals surface area contributed by atoms with Gasteiger partial charge in [-0.1, -0.05) is 11.6 Å². The van der Waals surface area contributed by atoms with Gasteiger partial charge in [-0.05, 0) is 49.4 Å². The van der Waals surface area contributed by atoms with Crippen molar-refractivity contribution in [3.05, 3.63) is 58.6 Å². The molecule has 0 bridgehead atoms. The number of esters is 1. The topological polar surface area (TPSA) is 105 Å². The molecule has 138 valence electrons. The molecule has 2 rings (SSSR count). The molecule has 27 heavy (non-hydrogen) atoms. The Balaban J connectivity index is 1.76. The molecule has 0 aliphatic carbocycles. The van der Waals surface area contributed by atoms with Gasteiger partial charge in [0.05, 0.1) is 10.6 Å². The summed E-state index contributed by atoms with van der Waals surface area (Å²) in [5.74, 6) is -0.960. The second-order valence-electron chi connectivity index (χ2n) is 5.38. The molecule has 0 aliphatic heterocycles. The van der Waals surface area contributed by atoms with Crippen LogP contribution in [-0.2, 0) is 14.3 Å². The molecule has 0 aromatic heterocycles. The Bertz CT molecular complexity index is 903. The van der Waals surface area contributed by atoms with Crippen LogP contribution in [0.15, 0.2) is 42.5 Å². The highest BCUT2D eigenvalue weighted by atomic mass is 35.5. The van der Waals surface area contributed by atoms with Crippen LogP contribution in [-0.4, -0.2) is 30.9 Å². The van der Waals surface area contributed by atoms with Gasteiger partial charge in [0, 0.05) is 11.3 Å². The van der Waals surface area contributed by atoms with Gasteiger partial charge in [-0.2, -0.15) is 5.26 Å². The number of carbonyl (C=O) groups excluding carboxylic acids is 3. The fourth-order valence-corrected chi connectivity index (χ4v) is 2.22. The summed E-state index contributed by atoms with van der Waals surface area (Å²) in [6.45, 7) is 0.572. The number of anilines is 1. The molecule has 8 heteroatoms. The highest BCUT2D eigenvalue weighted by Crippen LogP contribution is 2.20. The molecule has 0 saturated carbocycles. The predicted molar refractivity (Wildman–Crippen MR) is 97.7 cm³/mol. The third kappa shape index (κ3) is 6.13. The Morgan fingerprint density at radius 3 is 2.41 bits per heavy atom. The number of rotatable bonds is 7. The minimum absolute atomic E-state index is 0.0736. The molecular formula is C19H15ClN2O5. The highest BCUT2D eigenvalue weighted by Gasteiger charge is 2.10. The summed E-state index contributed by atoms with van der Waals surface area (Å²) in [5, 5.41) is 11.5. The summed E-state index contributed by atoms with van der Waals surface area (Å²) in [5.41, 5.74) is 1.20. The summed E-state index contributed by atoms with van der Waals surface area (Å²) >= 11 is 5.87. The maximum absolute atomic E-state index is 11.8. The van der Waals surface area contributed by atoms with Gasteiger partial charge in [-0.25, -0.2) is 4.79 Å². The Hall–Kier alpha value is -3.37. The second-order valence-corrected chi connectivity index (χ2v) is 5.79. The first kappa shape index (κ1) is 19.9. The number of carbonyl (C=O) groups is 3. The average molecular weight is 387 g/mol. The minimum atomic E-state index is -0.723. The number of Topliss-reactive ketones (excluding diaryl/α,β-unsaturated/α-hetero) is 1. The number of hydrogen-bond acceptors (Lipinski definition) is 6. The van der Waals surface area contributed by atoms with Gasteiger partial charge in [-0.3, -0.25) is 9.59 Å². The van der Waals surface area contributed by atoms with Crippen molar-refractivity contribution in [2.45, 2.75) is 6.92 Å². The van der Waals surface area contributed by atoms with Crippen LogP contribution in [0.1, 0.15) is 22.8 Å². The molecule has 0 unspecified atom stereocenters. The third-order valence-electron chi connectivity index (χ3n) is 3.36. The zero-order valence-electron chi connectivity index (χ0n) is 14.3. The first-order chi connectivity index (χ1) is 12.9. The predicted octanol–water partition coefficient (Wildman–Crippen LogP) is 2.97. The maximum atomic E-state index is 11.8. The Morgan fingerprint density at radius 2 is 1.81 bits per heavy atom. The number of amides is 1. The van der Waals surface area contributed by atoms with Crippen LogP contribution in [0, 0.1) is 11.3 Å². The van der Waals surface area contributed by atoms with Gasteiger partial charge in [-0.15, -0.1) is 0 Å². The number of nitrogens with one attached hydrogen (secondary N) is 1. The minimum Gasteiger partial charge on any atom is -0.482 e. The van der Waals surface area contributed by atoms with Crippen molar-refractivity contribution < 1.29 is 23.9 Å². The van der Waals surface area contributed by atoms with Crippen LogP contribution in [0.25, 0.3) is 0 Å². The standard InChI is InChI=1S/C19H15ClN2O5/c1-12(23)13-3-6-16(7-4-13)26-11-19(25)27-10-18(24)22-15-5-2-14(9-21)17(20)8-15/h2-8H,10-11H2,1H3,(H,22,24). The van der Waals surface area contributed by atoms with Crippen LogP contribution in [0.2, 0.25) is 5.02 Å². The maximum Gasteiger partial charge on any atom is 0.344 e. The van der Waals surface area contributed by atoms with E-state index >= 15 is 0 Å². The van der Waals surface area contributed by atoms with Crippen molar-refractivity contribution in [1.82, 2.24) is 0 Å². The number of hydrogen-bond donors (Lipinski definition) is 1. The summed E-state index contributed by atoms with van der Waals surface area (Å²) in [6.07, 6.45) is 0. The molecule has 0 fully saturated rings. The van der Waals surface area contributed by atoms with Crippen LogP contribution >= 0.6 is 11.6 Å². The SMILES string of the molecule is CC(=O)c1ccc(OCC(=O)OCC(=O)Nc2ccc(C#N)c(Cl)c2)cc1. The van der Waals surface area contributed by atoms with Crippen molar-refractivity contribution in [3.63, 3.8) is 0 Å². The fraction of sp³-hybridized carbons (Fsp3) is 0.158. The molecule has 7 nitrogen and oxygen atoms in total. The van der Waals surface area contributed by atoms with Crippen molar-refractivity contribution in [2.75, 3.05) is 18.5 Å². The van der Waals surface area contributed by atoms with Crippen molar-refractivity contribution >= 4 is 34.9 Å². The van der Waals surface area contributed by atoms with Gasteiger partial charge >= 0.3 is 5.97 Å². The zero-order valence-corrected chi connectivity index (χ0v) is 15.1. The van der Waals surface area contributed by atoms with Crippen LogP contribution < -0.4 is 10.1 Å².